The predicted molar refractivity (Wildman–Crippen MR) is 155 cm³/mol. The second kappa shape index (κ2) is 13.0. The second-order valence-corrected chi connectivity index (χ2v) is 9.59. The van der Waals surface area contributed by atoms with Crippen LogP contribution in [0.1, 0.15) is 13.8 Å². The van der Waals surface area contributed by atoms with Crippen LogP contribution in [0.4, 0.5) is 23.0 Å². The molecule has 1 amide bonds. The van der Waals surface area contributed by atoms with Crippen molar-refractivity contribution in [3.8, 4) is 11.5 Å². The number of benzene rings is 3. The Kier molecular flexibility index (Phi) is 9.29. The molecule has 0 spiro atoms. The Morgan fingerprint density at radius 2 is 1.51 bits per heavy atom. The summed E-state index contributed by atoms with van der Waals surface area (Å²) in [5.74, 6) is 1.77. The number of carbonyl (C=O) groups is 1. The number of rotatable bonds is 9. The van der Waals surface area contributed by atoms with Crippen molar-refractivity contribution in [3.63, 3.8) is 0 Å². The van der Waals surface area contributed by atoms with Gasteiger partial charge in [0.25, 0.3) is 0 Å². The Morgan fingerprint density at radius 1 is 0.872 bits per heavy atom. The molecule has 1 aliphatic rings. The van der Waals surface area contributed by atoms with Gasteiger partial charge >= 0.3 is 0 Å². The maximum Gasteiger partial charge on any atom is 0.230 e. The fourth-order valence-electron chi connectivity index (χ4n) is 3.73. The van der Waals surface area contributed by atoms with Crippen molar-refractivity contribution in [1.29, 1.82) is 0 Å². The number of methoxy groups -OCH3 is 2. The molecule has 0 radical (unpaired) electrons. The maximum atomic E-state index is 13.3. The van der Waals surface area contributed by atoms with E-state index in [-0.39, 0.29) is 11.8 Å². The number of anilines is 4. The Morgan fingerprint density at radius 3 is 2.10 bits per heavy atom. The minimum atomic E-state index is -1.69. The van der Waals surface area contributed by atoms with Crippen LogP contribution in [0, 0.1) is 5.92 Å². The highest BCUT2D eigenvalue weighted by Crippen LogP contribution is 2.31. The highest BCUT2D eigenvalue weighted by atomic mass is 32.2. The quantitative estimate of drug-likeness (QED) is 0.237. The highest BCUT2D eigenvalue weighted by Gasteiger charge is 2.25. The summed E-state index contributed by atoms with van der Waals surface area (Å²) >= 11 is 0. The van der Waals surface area contributed by atoms with Crippen LogP contribution in [0.2, 0.25) is 0 Å². The number of nitrogens with one attached hydrogen (secondary N) is 4. The van der Waals surface area contributed by atoms with Crippen LogP contribution >= 0.6 is 0 Å². The van der Waals surface area contributed by atoms with Crippen molar-refractivity contribution in [2.75, 3.05) is 42.7 Å². The zero-order valence-corrected chi connectivity index (χ0v) is 23.1. The summed E-state index contributed by atoms with van der Waals surface area (Å²) in [6, 6.07) is 19.7. The van der Waals surface area contributed by atoms with Crippen LogP contribution in [-0.2, 0) is 15.8 Å². The minimum Gasteiger partial charge on any atom is -0.497 e. The normalized spacial score (nSPS) is 13.3. The van der Waals surface area contributed by atoms with Crippen molar-refractivity contribution in [2.24, 2.45) is 5.92 Å². The number of hydrogen-bond acceptors (Lipinski definition) is 8. The summed E-state index contributed by atoms with van der Waals surface area (Å²) < 4.78 is 27.0. The van der Waals surface area contributed by atoms with E-state index in [0.717, 1.165) is 0 Å². The van der Waals surface area contributed by atoms with Crippen molar-refractivity contribution < 1.29 is 18.5 Å². The van der Waals surface area contributed by atoms with Gasteiger partial charge in [0.2, 0.25) is 5.91 Å². The van der Waals surface area contributed by atoms with Crippen molar-refractivity contribution in [2.45, 2.75) is 18.7 Å². The third-order valence-corrected chi connectivity index (χ3v) is 6.90. The average Bonchev–Trinajstić information content (AvgIpc) is 2.93. The van der Waals surface area contributed by atoms with E-state index in [4.69, 9.17) is 14.5 Å². The monoisotopic (exact) mass is 548 g/mol. The number of aromatic nitrogens is 2. The predicted octanol–water partition coefficient (Wildman–Crippen LogP) is 4.71. The molecule has 10 nitrogen and oxygen atoms in total. The standard InChI is InChI=1S/C26H26N6O4S.C2H6/c1-35-19-10-18(11-20(13-19)36-2)28-24-25(31-23-9-4-3-8-22(23)30-24)32-37(34)21-7-5-6-17(12-21)29-26(33)16-14-27-15-16;1-2/h3-13,16,27H,14-15H2,1-2H3,(H,28,30)(H,29,33)(H,31,32);1-2H3. The third kappa shape index (κ3) is 6.81. The van der Waals surface area contributed by atoms with Gasteiger partial charge in [0.15, 0.2) is 22.6 Å². The van der Waals surface area contributed by atoms with Gasteiger partial charge in [0, 0.05) is 42.7 Å². The smallest absolute Gasteiger partial charge is 0.230 e. The number of ether oxygens (including phenoxy) is 2. The first-order valence-electron chi connectivity index (χ1n) is 12.6. The minimum absolute atomic E-state index is 0.0518. The molecule has 4 N–H and O–H groups in total. The molecule has 39 heavy (non-hydrogen) atoms. The van der Waals surface area contributed by atoms with Gasteiger partial charge in [-0.15, -0.1) is 0 Å². The van der Waals surface area contributed by atoms with E-state index in [2.05, 4.69) is 25.7 Å². The average molecular weight is 549 g/mol. The van der Waals surface area contributed by atoms with E-state index in [1.165, 1.54) is 0 Å². The van der Waals surface area contributed by atoms with Crippen LogP contribution in [0.25, 0.3) is 11.0 Å². The maximum absolute atomic E-state index is 13.3. The lowest BCUT2D eigenvalue weighted by Crippen LogP contribution is -2.48. The zero-order chi connectivity index (χ0) is 27.8. The first kappa shape index (κ1) is 27.8. The molecule has 3 aromatic carbocycles. The van der Waals surface area contributed by atoms with E-state index >= 15 is 0 Å². The Hall–Kier alpha value is -4.22. The molecular weight excluding hydrogens is 516 g/mol. The third-order valence-electron chi connectivity index (χ3n) is 5.84. The molecule has 204 valence electrons. The van der Waals surface area contributed by atoms with Gasteiger partial charge < -0.3 is 25.4 Å². The number of amides is 1. The zero-order valence-electron chi connectivity index (χ0n) is 22.3. The molecule has 0 saturated carbocycles. The summed E-state index contributed by atoms with van der Waals surface area (Å²) in [4.78, 5) is 22.2. The molecule has 4 aromatic rings. The lowest BCUT2D eigenvalue weighted by molar-refractivity contribution is -0.121. The molecule has 1 saturated heterocycles. The Labute approximate surface area is 230 Å². The van der Waals surface area contributed by atoms with E-state index in [1.807, 2.05) is 38.1 Å². The lowest BCUT2D eigenvalue weighted by atomic mass is 10.0. The van der Waals surface area contributed by atoms with Crippen LogP contribution in [0.5, 0.6) is 11.5 Å². The fraction of sp³-hybridized carbons (Fsp3) is 0.250. The molecule has 5 rings (SSSR count). The van der Waals surface area contributed by atoms with Gasteiger partial charge in [0.1, 0.15) is 11.5 Å². The van der Waals surface area contributed by atoms with Gasteiger partial charge in [-0.2, -0.15) is 0 Å². The number of nitrogens with zero attached hydrogens (tertiary/aromatic N) is 2. The van der Waals surface area contributed by atoms with Gasteiger partial charge in [-0.05, 0) is 30.3 Å². The Balaban J connectivity index is 0.00000172. The number of hydrogen-bond donors (Lipinski definition) is 4. The summed E-state index contributed by atoms with van der Waals surface area (Å²) in [6.07, 6.45) is 0. The first-order chi connectivity index (χ1) is 19.0. The molecule has 0 aliphatic carbocycles. The summed E-state index contributed by atoms with van der Waals surface area (Å²) in [7, 11) is 1.46. The van der Waals surface area contributed by atoms with Crippen LogP contribution < -0.4 is 30.1 Å². The second-order valence-electron chi connectivity index (χ2n) is 8.38. The Bertz CT molecular complexity index is 1460. The van der Waals surface area contributed by atoms with Crippen LogP contribution in [-0.4, -0.2) is 47.4 Å². The number of fused-ring (bicyclic) bond motifs is 1. The van der Waals surface area contributed by atoms with Gasteiger partial charge in [-0.25, -0.2) is 14.2 Å². The molecule has 2 heterocycles. The largest absolute Gasteiger partial charge is 0.497 e. The SMILES string of the molecule is CC.COc1cc(Nc2nc3ccccc3nc2NS(=O)c2cccc(NC(=O)C3CNC3)c2)cc(OC)c1. The first-order valence-corrected chi connectivity index (χ1v) is 13.7. The molecule has 1 fully saturated rings. The number of carbonyl (C=O) groups excluding carboxylic acids is 1. The van der Waals surface area contributed by atoms with Crippen molar-refractivity contribution >= 4 is 50.9 Å². The molecular formula is C28H32N6O4S. The summed E-state index contributed by atoms with van der Waals surface area (Å²) in [5, 5.41) is 9.21. The number of para-hydroxylation sites is 2. The van der Waals surface area contributed by atoms with E-state index in [1.54, 1.807) is 56.7 Å². The highest BCUT2D eigenvalue weighted by molar-refractivity contribution is 7.86. The van der Waals surface area contributed by atoms with Gasteiger partial charge in [-0.1, -0.05) is 32.0 Å². The van der Waals surface area contributed by atoms with Crippen LogP contribution in [0.15, 0.2) is 71.6 Å². The topological polar surface area (TPSA) is 127 Å². The van der Waals surface area contributed by atoms with E-state index in [9.17, 15) is 9.00 Å². The van der Waals surface area contributed by atoms with E-state index in [0.29, 0.717) is 63.5 Å². The van der Waals surface area contributed by atoms with Crippen molar-refractivity contribution in [3.05, 3.63) is 66.7 Å². The summed E-state index contributed by atoms with van der Waals surface area (Å²) in [5.41, 5.74) is 2.55. The van der Waals surface area contributed by atoms with Crippen LogP contribution in [0.3, 0.4) is 0 Å². The fourth-order valence-corrected chi connectivity index (χ4v) is 4.60. The molecule has 11 heteroatoms. The molecule has 1 unspecified atom stereocenters. The molecule has 0 bridgehead atoms. The lowest BCUT2D eigenvalue weighted by Gasteiger charge is -2.25. The van der Waals surface area contributed by atoms with E-state index < -0.39 is 11.0 Å². The molecule has 1 atom stereocenters. The molecule has 1 aromatic heterocycles. The summed E-state index contributed by atoms with van der Waals surface area (Å²) in [6.45, 7) is 5.32. The van der Waals surface area contributed by atoms with Crippen molar-refractivity contribution in [1.82, 2.24) is 15.3 Å². The van der Waals surface area contributed by atoms with Gasteiger partial charge in [0.05, 0.1) is 36.1 Å². The van der Waals surface area contributed by atoms with Gasteiger partial charge in [-0.3, -0.25) is 9.52 Å². The molecule has 1 aliphatic heterocycles.